The average molecular weight is 262 g/mol. The molecule has 2 heterocycles. The van der Waals surface area contributed by atoms with E-state index in [1.54, 1.807) is 17.6 Å². The lowest BCUT2D eigenvalue weighted by Crippen LogP contribution is -2.07. The molecule has 2 rings (SSSR count). The smallest absolute Gasteiger partial charge is 0.173 e. The quantitative estimate of drug-likeness (QED) is 0.762. The maximum Gasteiger partial charge on any atom is 0.173 e. The summed E-state index contributed by atoms with van der Waals surface area (Å²) in [7, 11) is 0. The second-order valence-electron chi connectivity index (χ2n) is 5.42. The molecule has 0 spiro atoms. The zero-order valence-corrected chi connectivity index (χ0v) is 11.8. The van der Waals surface area contributed by atoms with Crippen molar-refractivity contribution in [3.63, 3.8) is 0 Å². The number of carbonyl (C=O) groups excluding carboxylic acids is 1. The minimum Gasteiger partial charge on any atom is -0.469 e. The zero-order valence-electron chi connectivity index (χ0n) is 11.0. The standard InChI is InChI=1S/C15H18O2S/c1-15(2,3)14-9-8-13(18-14)12(16)7-6-11-5-4-10-17-11/h4-5,8-10H,6-7H2,1-3H3. The van der Waals surface area contributed by atoms with Gasteiger partial charge >= 0.3 is 0 Å². The van der Waals surface area contributed by atoms with Crippen molar-refractivity contribution in [1.82, 2.24) is 0 Å². The van der Waals surface area contributed by atoms with Gasteiger partial charge in [-0.3, -0.25) is 4.79 Å². The summed E-state index contributed by atoms with van der Waals surface area (Å²) in [5, 5.41) is 0. The van der Waals surface area contributed by atoms with Gasteiger partial charge in [0.2, 0.25) is 0 Å². The molecular weight excluding hydrogens is 244 g/mol. The SMILES string of the molecule is CC(C)(C)c1ccc(C(=O)CCc2ccco2)s1. The van der Waals surface area contributed by atoms with Gasteiger partial charge in [-0.05, 0) is 29.7 Å². The molecular formula is C15H18O2S. The number of thiophene rings is 1. The van der Waals surface area contributed by atoms with Gasteiger partial charge in [-0.1, -0.05) is 20.8 Å². The van der Waals surface area contributed by atoms with Crippen LogP contribution >= 0.6 is 11.3 Å². The third-order valence-electron chi connectivity index (χ3n) is 2.80. The Morgan fingerprint density at radius 1 is 1.28 bits per heavy atom. The van der Waals surface area contributed by atoms with E-state index in [9.17, 15) is 4.79 Å². The highest BCUT2D eigenvalue weighted by atomic mass is 32.1. The van der Waals surface area contributed by atoms with E-state index in [1.807, 2.05) is 18.2 Å². The van der Waals surface area contributed by atoms with Crippen molar-refractivity contribution in [2.24, 2.45) is 0 Å². The normalized spacial score (nSPS) is 11.7. The molecule has 0 radical (unpaired) electrons. The van der Waals surface area contributed by atoms with Crippen LogP contribution in [0.4, 0.5) is 0 Å². The van der Waals surface area contributed by atoms with E-state index in [4.69, 9.17) is 4.42 Å². The molecule has 2 nitrogen and oxygen atoms in total. The molecule has 0 aliphatic rings. The highest BCUT2D eigenvalue weighted by molar-refractivity contribution is 7.14. The van der Waals surface area contributed by atoms with Crippen LogP contribution in [-0.2, 0) is 11.8 Å². The predicted molar refractivity (Wildman–Crippen MR) is 74.4 cm³/mol. The highest BCUT2D eigenvalue weighted by Gasteiger charge is 2.18. The third kappa shape index (κ3) is 3.10. The van der Waals surface area contributed by atoms with Crippen LogP contribution in [0.15, 0.2) is 34.9 Å². The van der Waals surface area contributed by atoms with Crippen molar-refractivity contribution in [2.45, 2.75) is 39.0 Å². The first-order valence-corrected chi connectivity index (χ1v) is 6.94. The number of furan rings is 1. The number of carbonyl (C=O) groups is 1. The van der Waals surface area contributed by atoms with Crippen molar-refractivity contribution < 1.29 is 9.21 Å². The maximum atomic E-state index is 12.0. The van der Waals surface area contributed by atoms with Crippen LogP contribution < -0.4 is 0 Å². The van der Waals surface area contributed by atoms with Crippen LogP contribution in [0.1, 0.15) is 47.5 Å². The summed E-state index contributed by atoms with van der Waals surface area (Å²) in [6.45, 7) is 6.49. The van der Waals surface area contributed by atoms with Crippen LogP contribution in [0.2, 0.25) is 0 Å². The number of hydrogen-bond donors (Lipinski definition) is 0. The summed E-state index contributed by atoms with van der Waals surface area (Å²) >= 11 is 1.60. The topological polar surface area (TPSA) is 30.2 Å². The van der Waals surface area contributed by atoms with E-state index in [0.29, 0.717) is 12.8 Å². The van der Waals surface area contributed by atoms with Crippen molar-refractivity contribution in [1.29, 1.82) is 0 Å². The summed E-state index contributed by atoms with van der Waals surface area (Å²) in [6.07, 6.45) is 2.83. The first kappa shape index (κ1) is 13.1. The van der Waals surface area contributed by atoms with Gasteiger partial charge in [-0.25, -0.2) is 0 Å². The minimum atomic E-state index is 0.115. The molecule has 0 N–H and O–H groups in total. The molecule has 0 aromatic carbocycles. The number of Topliss-reactive ketones (excluding diaryl/α,β-unsaturated/α-hetero) is 1. The largest absolute Gasteiger partial charge is 0.469 e. The first-order chi connectivity index (χ1) is 8.47. The number of aryl methyl sites for hydroxylation is 1. The molecule has 0 aliphatic carbocycles. The number of ketones is 1. The molecule has 0 saturated carbocycles. The fourth-order valence-electron chi connectivity index (χ4n) is 1.71. The summed E-state index contributed by atoms with van der Waals surface area (Å²) in [5.41, 5.74) is 0.115. The van der Waals surface area contributed by atoms with E-state index in [0.717, 1.165) is 10.6 Å². The Bertz CT molecular complexity index is 515. The van der Waals surface area contributed by atoms with E-state index >= 15 is 0 Å². The maximum absolute atomic E-state index is 12.0. The van der Waals surface area contributed by atoms with Crippen LogP contribution in [0.3, 0.4) is 0 Å². The first-order valence-electron chi connectivity index (χ1n) is 6.13. The molecule has 96 valence electrons. The monoisotopic (exact) mass is 262 g/mol. The van der Waals surface area contributed by atoms with Crippen LogP contribution in [0.5, 0.6) is 0 Å². The molecule has 3 heteroatoms. The van der Waals surface area contributed by atoms with E-state index in [2.05, 4.69) is 26.8 Å². The number of hydrogen-bond acceptors (Lipinski definition) is 3. The molecule has 0 bridgehead atoms. The Labute approximate surface area is 112 Å². The van der Waals surface area contributed by atoms with E-state index < -0.39 is 0 Å². The molecule has 0 saturated heterocycles. The van der Waals surface area contributed by atoms with Crippen LogP contribution in [0, 0.1) is 0 Å². The second-order valence-corrected chi connectivity index (χ2v) is 6.50. The van der Waals surface area contributed by atoms with Gasteiger partial charge in [0.1, 0.15) is 5.76 Å². The van der Waals surface area contributed by atoms with Gasteiger partial charge in [-0.15, -0.1) is 11.3 Å². The van der Waals surface area contributed by atoms with Gasteiger partial charge in [0.15, 0.2) is 5.78 Å². The molecule has 0 fully saturated rings. The van der Waals surface area contributed by atoms with Gasteiger partial charge in [0.25, 0.3) is 0 Å². The fraction of sp³-hybridized carbons (Fsp3) is 0.400. The fourth-order valence-corrected chi connectivity index (χ4v) is 2.74. The van der Waals surface area contributed by atoms with Crippen molar-refractivity contribution in [3.05, 3.63) is 46.0 Å². The predicted octanol–water partition coefficient (Wildman–Crippen LogP) is 4.45. The van der Waals surface area contributed by atoms with Crippen LogP contribution in [0.25, 0.3) is 0 Å². The lowest BCUT2D eigenvalue weighted by Gasteiger charge is -2.15. The molecule has 0 atom stereocenters. The molecule has 2 aromatic rings. The molecule has 0 aliphatic heterocycles. The molecule has 0 amide bonds. The molecule has 18 heavy (non-hydrogen) atoms. The Morgan fingerprint density at radius 3 is 2.61 bits per heavy atom. The third-order valence-corrected chi connectivity index (χ3v) is 4.35. The van der Waals surface area contributed by atoms with Crippen LogP contribution in [-0.4, -0.2) is 5.78 Å². The summed E-state index contributed by atoms with van der Waals surface area (Å²) in [6, 6.07) is 7.76. The van der Waals surface area contributed by atoms with Crippen molar-refractivity contribution in [3.8, 4) is 0 Å². The van der Waals surface area contributed by atoms with Gasteiger partial charge in [-0.2, -0.15) is 0 Å². The van der Waals surface area contributed by atoms with Gasteiger partial charge < -0.3 is 4.42 Å². The lowest BCUT2D eigenvalue weighted by molar-refractivity contribution is 0.0985. The van der Waals surface area contributed by atoms with Gasteiger partial charge in [0, 0.05) is 17.7 Å². The van der Waals surface area contributed by atoms with E-state index in [1.165, 1.54) is 4.88 Å². The number of rotatable bonds is 4. The highest BCUT2D eigenvalue weighted by Crippen LogP contribution is 2.30. The second kappa shape index (κ2) is 5.11. The lowest BCUT2D eigenvalue weighted by atomic mass is 9.95. The Hall–Kier alpha value is -1.35. The zero-order chi connectivity index (χ0) is 13.2. The Morgan fingerprint density at radius 2 is 2.06 bits per heavy atom. The molecule has 0 unspecified atom stereocenters. The van der Waals surface area contributed by atoms with Gasteiger partial charge in [0.05, 0.1) is 11.1 Å². The Balaban J connectivity index is 1.99. The summed E-state index contributed by atoms with van der Waals surface area (Å²) in [5.74, 6) is 1.07. The van der Waals surface area contributed by atoms with E-state index in [-0.39, 0.29) is 11.2 Å². The Kier molecular flexibility index (Phi) is 3.71. The summed E-state index contributed by atoms with van der Waals surface area (Å²) < 4.78 is 5.23. The molecule has 2 aromatic heterocycles. The van der Waals surface area contributed by atoms with Crippen molar-refractivity contribution in [2.75, 3.05) is 0 Å². The minimum absolute atomic E-state index is 0.115. The summed E-state index contributed by atoms with van der Waals surface area (Å²) in [4.78, 5) is 14.2. The average Bonchev–Trinajstić information content (AvgIpc) is 2.96. The van der Waals surface area contributed by atoms with Crippen molar-refractivity contribution >= 4 is 17.1 Å².